The molecule has 8 heteroatoms. The van der Waals surface area contributed by atoms with Crippen molar-refractivity contribution in [2.75, 3.05) is 11.1 Å². The number of hydrogen-bond donors (Lipinski definition) is 2. The normalized spacial score (nSPS) is 13.8. The number of thiophene rings is 1. The van der Waals surface area contributed by atoms with Crippen LogP contribution in [0.4, 0.5) is 24.5 Å². The van der Waals surface area contributed by atoms with Gasteiger partial charge in [0.05, 0.1) is 16.9 Å². The lowest BCUT2D eigenvalue weighted by molar-refractivity contribution is -0.136. The quantitative estimate of drug-likeness (QED) is 0.684. The molecule has 0 atom stereocenters. The predicted molar refractivity (Wildman–Crippen MR) is 95.5 cm³/mol. The van der Waals surface area contributed by atoms with Crippen LogP contribution in [0.1, 0.15) is 32.9 Å². The minimum absolute atomic E-state index is 0.174. The van der Waals surface area contributed by atoms with E-state index in [4.69, 9.17) is 5.73 Å². The third kappa shape index (κ3) is 2.80. The van der Waals surface area contributed by atoms with Crippen molar-refractivity contribution >= 4 is 38.8 Å². The number of anilines is 2. The van der Waals surface area contributed by atoms with Crippen molar-refractivity contribution in [2.45, 2.75) is 25.4 Å². The summed E-state index contributed by atoms with van der Waals surface area (Å²) in [5, 5.41) is 3.02. The van der Waals surface area contributed by atoms with Crippen molar-refractivity contribution in [3.63, 3.8) is 0 Å². The fraction of sp³-hybridized carbons (Fsp3) is 0.222. The lowest BCUT2D eigenvalue weighted by Crippen LogP contribution is -2.16. The fourth-order valence-corrected chi connectivity index (χ4v) is 4.18. The number of alkyl halides is 3. The lowest BCUT2D eigenvalue weighted by Gasteiger charge is -2.13. The number of nitrogen functional groups attached to an aromatic ring is 1. The molecule has 26 heavy (non-hydrogen) atoms. The maximum atomic E-state index is 13.1. The first-order valence-electron chi connectivity index (χ1n) is 8.03. The molecule has 4 rings (SSSR count). The second-order valence-corrected chi connectivity index (χ2v) is 7.14. The number of aromatic nitrogens is 1. The van der Waals surface area contributed by atoms with Crippen molar-refractivity contribution in [1.82, 2.24) is 4.98 Å². The Morgan fingerprint density at radius 3 is 2.77 bits per heavy atom. The summed E-state index contributed by atoms with van der Waals surface area (Å²) < 4.78 is 39.3. The monoisotopic (exact) mass is 377 g/mol. The summed E-state index contributed by atoms with van der Waals surface area (Å²) in [6, 6.07) is 6.80. The second kappa shape index (κ2) is 5.98. The van der Waals surface area contributed by atoms with Gasteiger partial charge in [0.15, 0.2) is 0 Å². The number of amides is 1. The first kappa shape index (κ1) is 16.8. The van der Waals surface area contributed by atoms with Crippen molar-refractivity contribution in [3.05, 3.63) is 52.0 Å². The molecule has 0 spiro atoms. The highest BCUT2D eigenvalue weighted by Gasteiger charge is 2.34. The molecule has 4 nitrogen and oxygen atoms in total. The van der Waals surface area contributed by atoms with E-state index in [1.54, 1.807) is 0 Å². The van der Waals surface area contributed by atoms with E-state index in [1.165, 1.54) is 18.2 Å². The number of nitrogens with zero attached hydrogens (tertiary/aromatic N) is 1. The minimum atomic E-state index is -4.56. The highest BCUT2D eigenvalue weighted by Crippen LogP contribution is 2.38. The Bertz CT molecular complexity index is 1030. The lowest BCUT2D eigenvalue weighted by atomic mass is 10.1. The van der Waals surface area contributed by atoms with Gasteiger partial charge in [0.1, 0.15) is 9.71 Å². The van der Waals surface area contributed by atoms with Gasteiger partial charge in [0.2, 0.25) is 0 Å². The molecule has 0 radical (unpaired) electrons. The molecule has 0 fully saturated rings. The zero-order valence-corrected chi connectivity index (χ0v) is 14.3. The Kier molecular flexibility index (Phi) is 3.87. The van der Waals surface area contributed by atoms with E-state index < -0.39 is 17.6 Å². The van der Waals surface area contributed by atoms with Crippen LogP contribution in [0, 0.1) is 0 Å². The van der Waals surface area contributed by atoms with Gasteiger partial charge < -0.3 is 11.1 Å². The van der Waals surface area contributed by atoms with Gasteiger partial charge in [0.25, 0.3) is 5.91 Å². The number of nitrogens with one attached hydrogen (secondary N) is 1. The molecule has 3 aromatic rings. The van der Waals surface area contributed by atoms with Crippen molar-refractivity contribution in [3.8, 4) is 0 Å². The molecule has 1 aromatic carbocycles. The smallest absolute Gasteiger partial charge is 0.397 e. The van der Waals surface area contributed by atoms with Gasteiger partial charge in [-0.2, -0.15) is 13.2 Å². The van der Waals surface area contributed by atoms with Crippen molar-refractivity contribution in [1.29, 1.82) is 0 Å². The molecule has 0 saturated heterocycles. The van der Waals surface area contributed by atoms with Crippen LogP contribution in [0.15, 0.2) is 30.3 Å². The van der Waals surface area contributed by atoms with Gasteiger partial charge in [-0.05, 0) is 43.0 Å². The molecule has 0 bridgehead atoms. The average molecular weight is 377 g/mol. The number of halogens is 3. The van der Waals surface area contributed by atoms with Crippen LogP contribution in [0.2, 0.25) is 0 Å². The summed E-state index contributed by atoms with van der Waals surface area (Å²) in [5.41, 5.74) is 7.29. The highest BCUT2D eigenvalue weighted by molar-refractivity contribution is 7.21. The van der Waals surface area contributed by atoms with Gasteiger partial charge in [-0.25, -0.2) is 4.98 Å². The van der Waals surface area contributed by atoms with E-state index in [1.807, 2.05) is 6.07 Å². The maximum absolute atomic E-state index is 13.1. The zero-order chi connectivity index (χ0) is 18.5. The van der Waals surface area contributed by atoms with E-state index in [0.717, 1.165) is 47.9 Å². The van der Waals surface area contributed by atoms with Crippen LogP contribution in [-0.2, 0) is 19.0 Å². The van der Waals surface area contributed by atoms with Crippen LogP contribution >= 0.6 is 11.3 Å². The first-order valence-corrected chi connectivity index (χ1v) is 8.84. The summed E-state index contributed by atoms with van der Waals surface area (Å²) >= 11 is 1.10. The van der Waals surface area contributed by atoms with E-state index in [2.05, 4.69) is 10.3 Å². The van der Waals surface area contributed by atoms with Crippen LogP contribution in [-0.4, -0.2) is 10.9 Å². The number of rotatable bonds is 2. The topological polar surface area (TPSA) is 68.0 Å². The number of para-hydroxylation sites is 1. The third-order valence-electron chi connectivity index (χ3n) is 4.44. The first-order chi connectivity index (χ1) is 12.3. The van der Waals surface area contributed by atoms with Gasteiger partial charge in [-0.1, -0.05) is 12.1 Å². The fourth-order valence-electron chi connectivity index (χ4n) is 3.18. The van der Waals surface area contributed by atoms with Crippen LogP contribution in [0.5, 0.6) is 0 Å². The largest absolute Gasteiger partial charge is 0.418 e. The molecule has 1 amide bonds. The second-order valence-electron chi connectivity index (χ2n) is 6.14. The minimum Gasteiger partial charge on any atom is -0.397 e. The van der Waals surface area contributed by atoms with E-state index in [-0.39, 0.29) is 16.3 Å². The number of benzene rings is 1. The Morgan fingerprint density at radius 1 is 1.23 bits per heavy atom. The summed E-state index contributed by atoms with van der Waals surface area (Å²) in [6.45, 7) is 0. The molecule has 0 unspecified atom stereocenters. The number of carbonyl (C=O) groups excluding carboxylic acids is 1. The number of nitrogens with two attached hydrogens (primary N) is 1. The number of fused-ring (bicyclic) bond motifs is 2. The van der Waals surface area contributed by atoms with Crippen LogP contribution in [0.25, 0.3) is 10.2 Å². The van der Waals surface area contributed by atoms with E-state index in [0.29, 0.717) is 10.2 Å². The molecule has 2 heterocycles. The van der Waals surface area contributed by atoms with Crippen LogP contribution < -0.4 is 11.1 Å². The van der Waals surface area contributed by atoms with Gasteiger partial charge in [-0.3, -0.25) is 4.79 Å². The molecule has 2 aromatic heterocycles. The molecule has 0 aliphatic heterocycles. The summed E-state index contributed by atoms with van der Waals surface area (Å²) in [5.74, 6) is -0.664. The molecule has 1 aliphatic carbocycles. The average Bonchev–Trinajstić information content (AvgIpc) is 3.17. The maximum Gasteiger partial charge on any atom is 0.418 e. The number of hydrogen-bond acceptors (Lipinski definition) is 4. The highest BCUT2D eigenvalue weighted by atomic mass is 32.1. The predicted octanol–water partition coefficient (Wildman–Crippen LogP) is 4.64. The van der Waals surface area contributed by atoms with Crippen molar-refractivity contribution in [2.24, 2.45) is 0 Å². The molecule has 3 N–H and O–H groups in total. The van der Waals surface area contributed by atoms with Gasteiger partial charge in [0, 0.05) is 11.1 Å². The van der Waals surface area contributed by atoms with Gasteiger partial charge in [-0.15, -0.1) is 11.3 Å². The Hall–Kier alpha value is -2.61. The molecular weight excluding hydrogens is 363 g/mol. The van der Waals surface area contributed by atoms with Crippen molar-refractivity contribution < 1.29 is 18.0 Å². The van der Waals surface area contributed by atoms with Gasteiger partial charge >= 0.3 is 6.18 Å². The number of carbonyl (C=O) groups is 1. The van der Waals surface area contributed by atoms with E-state index in [9.17, 15) is 18.0 Å². The SMILES string of the molecule is Nc1c(C(=O)Nc2ccccc2C(F)(F)F)sc2nc3c(cc12)CCC3. The third-order valence-corrected chi connectivity index (χ3v) is 5.55. The number of aryl methyl sites for hydroxylation is 2. The molecule has 134 valence electrons. The Labute approximate surface area is 150 Å². The van der Waals surface area contributed by atoms with E-state index >= 15 is 0 Å². The molecule has 1 aliphatic rings. The molecular formula is C18H14F3N3OS. The molecule has 0 saturated carbocycles. The summed E-state index contributed by atoms with van der Waals surface area (Å²) in [4.78, 5) is 17.9. The zero-order valence-electron chi connectivity index (χ0n) is 13.5. The Balaban J connectivity index is 1.71. The van der Waals surface area contributed by atoms with Crippen LogP contribution in [0.3, 0.4) is 0 Å². The number of pyridine rings is 1. The standard InChI is InChI=1S/C18H14F3N3OS/c19-18(20,21)11-5-1-2-6-13(11)23-16(25)15-14(22)10-8-9-4-3-7-12(9)24-17(10)26-15/h1-2,5-6,8H,3-4,7,22H2,(H,23,25). The summed E-state index contributed by atoms with van der Waals surface area (Å²) in [7, 11) is 0. The Morgan fingerprint density at radius 2 is 2.00 bits per heavy atom. The summed E-state index contributed by atoms with van der Waals surface area (Å²) in [6.07, 6.45) is -1.70.